The summed E-state index contributed by atoms with van der Waals surface area (Å²) in [4.78, 5) is 0. The molecule has 2 N–H and O–H groups in total. The van der Waals surface area contributed by atoms with Gasteiger partial charge in [0.1, 0.15) is 0 Å². The molecule has 14 heavy (non-hydrogen) atoms. The van der Waals surface area contributed by atoms with E-state index in [2.05, 4.69) is 21.2 Å². The molecular weight excluding hydrogens is 242 g/mol. The molecule has 0 heterocycles. The highest BCUT2D eigenvalue weighted by molar-refractivity contribution is 9.10. The molecule has 0 amide bonds. The van der Waals surface area contributed by atoms with Crippen LogP contribution in [0.2, 0.25) is 0 Å². The summed E-state index contributed by atoms with van der Waals surface area (Å²) < 4.78 is 1.06. The fourth-order valence-electron chi connectivity index (χ4n) is 0.985. The van der Waals surface area contributed by atoms with E-state index in [1.54, 1.807) is 0 Å². The van der Waals surface area contributed by atoms with Crippen molar-refractivity contribution < 1.29 is 5.11 Å². The van der Waals surface area contributed by atoms with Gasteiger partial charge in [-0.25, -0.2) is 0 Å². The number of aliphatic hydroxyl groups is 1. The minimum Gasteiger partial charge on any atom is -0.388 e. The van der Waals surface area contributed by atoms with Gasteiger partial charge in [-0.3, -0.25) is 0 Å². The van der Waals surface area contributed by atoms with E-state index in [0.29, 0.717) is 6.54 Å². The van der Waals surface area contributed by atoms with E-state index in [4.69, 9.17) is 0 Å². The fourth-order valence-corrected chi connectivity index (χ4v) is 1.25. The molecule has 0 aliphatic carbocycles. The largest absolute Gasteiger partial charge is 0.388 e. The maximum atomic E-state index is 9.77. The standard InChI is InChI=1S/C11H16BrNO/c1-3-11(2,14)8-13-10-6-4-9(12)5-7-10/h4-7,13-14H,3,8H2,1-2H3. The number of anilines is 1. The van der Waals surface area contributed by atoms with Gasteiger partial charge >= 0.3 is 0 Å². The van der Waals surface area contributed by atoms with Gasteiger partial charge in [0.05, 0.1) is 5.60 Å². The second-order valence-corrected chi connectivity index (χ2v) is 4.63. The number of halogens is 1. The monoisotopic (exact) mass is 257 g/mol. The topological polar surface area (TPSA) is 32.3 Å². The lowest BCUT2D eigenvalue weighted by molar-refractivity contribution is 0.0697. The first-order valence-electron chi connectivity index (χ1n) is 4.75. The molecule has 1 atom stereocenters. The smallest absolute Gasteiger partial charge is 0.0788 e. The molecule has 3 heteroatoms. The predicted octanol–water partition coefficient (Wildman–Crippen LogP) is 3.02. The number of rotatable bonds is 4. The first kappa shape index (κ1) is 11.5. The van der Waals surface area contributed by atoms with Crippen LogP contribution in [-0.4, -0.2) is 17.3 Å². The van der Waals surface area contributed by atoms with E-state index < -0.39 is 5.60 Å². The molecule has 0 aromatic heterocycles. The number of hydrogen-bond donors (Lipinski definition) is 2. The summed E-state index contributed by atoms with van der Waals surface area (Å²) >= 11 is 3.37. The van der Waals surface area contributed by atoms with Crippen LogP contribution in [0.25, 0.3) is 0 Å². The van der Waals surface area contributed by atoms with Crippen molar-refractivity contribution in [1.82, 2.24) is 0 Å². The van der Waals surface area contributed by atoms with Gasteiger partial charge in [-0.15, -0.1) is 0 Å². The third kappa shape index (κ3) is 3.68. The Morgan fingerprint density at radius 3 is 2.43 bits per heavy atom. The third-order valence-electron chi connectivity index (χ3n) is 2.28. The molecule has 1 aromatic carbocycles. The van der Waals surface area contributed by atoms with E-state index in [1.807, 2.05) is 38.1 Å². The number of nitrogens with one attached hydrogen (secondary N) is 1. The second-order valence-electron chi connectivity index (χ2n) is 3.71. The summed E-state index contributed by atoms with van der Waals surface area (Å²) in [6.45, 7) is 4.38. The fraction of sp³-hybridized carbons (Fsp3) is 0.455. The molecule has 1 aromatic rings. The Morgan fingerprint density at radius 1 is 1.36 bits per heavy atom. The first-order valence-corrected chi connectivity index (χ1v) is 5.54. The number of benzene rings is 1. The highest BCUT2D eigenvalue weighted by Crippen LogP contribution is 2.16. The second kappa shape index (κ2) is 4.80. The Labute approximate surface area is 93.5 Å². The van der Waals surface area contributed by atoms with Crippen LogP contribution in [-0.2, 0) is 0 Å². The summed E-state index contributed by atoms with van der Waals surface area (Å²) in [5.74, 6) is 0. The predicted molar refractivity (Wildman–Crippen MR) is 63.5 cm³/mol. The Bertz CT molecular complexity index is 282. The molecule has 0 fully saturated rings. The zero-order valence-corrected chi connectivity index (χ0v) is 10.1. The molecule has 1 unspecified atom stereocenters. The molecule has 2 nitrogen and oxygen atoms in total. The maximum absolute atomic E-state index is 9.77. The maximum Gasteiger partial charge on any atom is 0.0788 e. The van der Waals surface area contributed by atoms with Gasteiger partial charge in [-0.05, 0) is 37.6 Å². The van der Waals surface area contributed by atoms with Gasteiger partial charge in [0, 0.05) is 16.7 Å². The number of hydrogen-bond acceptors (Lipinski definition) is 2. The lowest BCUT2D eigenvalue weighted by atomic mass is 10.0. The van der Waals surface area contributed by atoms with Crippen molar-refractivity contribution >= 4 is 21.6 Å². The normalized spacial score (nSPS) is 14.9. The summed E-state index contributed by atoms with van der Waals surface area (Å²) in [5, 5.41) is 13.0. The molecule has 0 aliphatic heterocycles. The van der Waals surface area contributed by atoms with Gasteiger partial charge in [-0.2, -0.15) is 0 Å². The molecule has 0 saturated carbocycles. The van der Waals surface area contributed by atoms with Gasteiger partial charge in [0.15, 0.2) is 0 Å². The SMILES string of the molecule is CCC(C)(O)CNc1ccc(Br)cc1. The van der Waals surface area contributed by atoms with E-state index in [1.165, 1.54) is 0 Å². The van der Waals surface area contributed by atoms with E-state index in [0.717, 1.165) is 16.6 Å². The van der Waals surface area contributed by atoms with Crippen molar-refractivity contribution in [2.75, 3.05) is 11.9 Å². The summed E-state index contributed by atoms with van der Waals surface area (Å²) in [6, 6.07) is 7.91. The molecular formula is C11H16BrNO. The summed E-state index contributed by atoms with van der Waals surface area (Å²) in [5.41, 5.74) is 0.398. The van der Waals surface area contributed by atoms with Crippen LogP contribution in [0.4, 0.5) is 5.69 Å². The molecule has 0 radical (unpaired) electrons. The molecule has 0 bridgehead atoms. The highest BCUT2D eigenvalue weighted by Gasteiger charge is 2.16. The third-order valence-corrected chi connectivity index (χ3v) is 2.81. The lowest BCUT2D eigenvalue weighted by Crippen LogP contribution is -2.32. The van der Waals surface area contributed by atoms with Crippen molar-refractivity contribution in [3.8, 4) is 0 Å². The van der Waals surface area contributed by atoms with E-state index in [-0.39, 0.29) is 0 Å². The van der Waals surface area contributed by atoms with Crippen molar-refractivity contribution in [2.24, 2.45) is 0 Å². The van der Waals surface area contributed by atoms with Gasteiger partial charge in [-0.1, -0.05) is 22.9 Å². The van der Waals surface area contributed by atoms with Gasteiger partial charge in [0.25, 0.3) is 0 Å². The molecule has 0 spiro atoms. The molecule has 0 aliphatic rings. The van der Waals surface area contributed by atoms with Crippen LogP contribution in [0.3, 0.4) is 0 Å². The van der Waals surface area contributed by atoms with Crippen molar-refractivity contribution in [3.05, 3.63) is 28.7 Å². The minimum atomic E-state index is -0.632. The molecule has 1 rings (SSSR count). The van der Waals surface area contributed by atoms with Crippen molar-refractivity contribution in [3.63, 3.8) is 0 Å². The van der Waals surface area contributed by atoms with Crippen LogP contribution in [0.1, 0.15) is 20.3 Å². The lowest BCUT2D eigenvalue weighted by Gasteiger charge is -2.22. The summed E-state index contributed by atoms with van der Waals surface area (Å²) in [7, 11) is 0. The van der Waals surface area contributed by atoms with Gasteiger partial charge < -0.3 is 10.4 Å². The van der Waals surface area contributed by atoms with E-state index >= 15 is 0 Å². The van der Waals surface area contributed by atoms with Gasteiger partial charge in [0.2, 0.25) is 0 Å². The van der Waals surface area contributed by atoms with E-state index in [9.17, 15) is 5.11 Å². The Morgan fingerprint density at radius 2 is 1.93 bits per heavy atom. The van der Waals surface area contributed by atoms with Crippen LogP contribution in [0.5, 0.6) is 0 Å². The molecule has 0 saturated heterocycles. The Hall–Kier alpha value is -0.540. The van der Waals surface area contributed by atoms with Crippen LogP contribution < -0.4 is 5.32 Å². The highest BCUT2D eigenvalue weighted by atomic mass is 79.9. The van der Waals surface area contributed by atoms with Crippen molar-refractivity contribution in [2.45, 2.75) is 25.9 Å². The van der Waals surface area contributed by atoms with Crippen LogP contribution in [0, 0.1) is 0 Å². The average Bonchev–Trinajstić information content (AvgIpc) is 2.17. The average molecular weight is 258 g/mol. The summed E-state index contributed by atoms with van der Waals surface area (Å²) in [6.07, 6.45) is 0.747. The molecule has 78 valence electrons. The quantitative estimate of drug-likeness (QED) is 0.870. The van der Waals surface area contributed by atoms with Crippen molar-refractivity contribution in [1.29, 1.82) is 0 Å². The zero-order chi connectivity index (χ0) is 10.6. The Kier molecular flexibility index (Phi) is 3.96. The van der Waals surface area contributed by atoms with Crippen LogP contribution >= 0.6 is 15.9 Å². The Balaban J connectivity index is 2.50. The minimum absolute atomic E-state index is 0.575. The zero-order valence-electron chi connectivity index (χ0n) is 8.55. The first-order chi connectivity index (χ1) is 6.53. The van der Waals surface area contributed by atoms with Crippen LogP contribution in [0.15, 0.2) is 28.7 Å².